The van der Waals surface area contributed by atoms with Crippen LogP contribution < -0.4 is 0 Å². The molecule has 0 unspecified atom stereocenters. The second-order valence-corrected chi connectivity index (χ2v) is 3.22. The van der Waals surface area contributed by atoms with Crippen LogP contribution in [-0.4, -0.2) is 15.8 Å². The number of hydrogen-bond donors (Lipinski definition) is 0. The number of benzene rings is 1. The van der Waals surface area contributed by atoms with E-state index in [1.807, 2.05) is 6.07 Å². The number of hydrogen-bond acceptors (Lipinski definition) is 3. The number of fused-ring (bicyclic) bond motifs is 3. The maximum Gasteiger partial charge on any atom is 0.349 e. The highest BCUT2D eigenvalue weighted by molar-refractivity contribution is 6.06. The Hall–Kier alpha value is -2.30. The Balaban J connectivity index is 2.50. The van der Waals surface area contributed by atoms with E-state index >= 15 is 0 Å². The molecule has 0 aliphatic carbocycles. The fourth-order valence-electron chi connectivity index (χ4n) is 1.68. The van der Waals surface area contributed by atoms with E-state index in [1.165, 1.54) is 6.20 Å². The Morgan fingerprint density at radius 2 is 2.07 bits per heavy atom. The van der Waals surface area contributed by atoms with Crippen molar-refractivity contribution in [2.24, 2.45) is 5.11 Å². The van der Waals surface area contributed by atoms with Gasteiger partial charge in [0.2, 0.25) is 0 Å². The first-order valence-corrected chi connectivity index (χ1v) is 4.38. The summed E-state index contributed by atoms with van der Waals surface area (Å²) in [5.74, 6) is -0.529. The smallest absolute Gasteiger partial charge is 0.349 e. The standard InChI is InChI=1S/C10H5N3O2/c14-10-7-5-11-8-4-2-1-3-6(8)9(7)13(15)12-10/h1-5H. The maximum atomic E-state index is 11.4. The Morgan fingerprint density at radius 3 is 2.93 bits per heavy atom. The summed E-state index contributed by atoms with van der Waals surface area (Å²) in [4.78, 5) is 15.7. The van der Waals surface area contributed by atoms with Gasteiger partial charge in [0.15, 0.2) is 0 Å². The van der Waals surface area contributed by atoms with Gasteiger partial charge in [-0.05, 0) is 17.0 Å². The average molecular weight is 199 g/mol. The van der Waals surface area contributed by atoms with E-state index in [0.717, 1.165) is 0 Å². The molecule has 0 fully saturated rings. The fourth-order valence-corrected chi connectivity index (χ4v) is 1.68. The largest absolute Gasteiger partial charge is 0.594 e. The van der Waals surface area contributed by atoms with Crippen LogP contribution in [-0.2, 0) is 0 Å². The summed E-state index contributed by atoms with van der Waals surface area (Å²) in [6.45, 7) is 0. The number of rotatable bonds is 0. The lowest BCUT2D eigenvalue weighted by atomic mass is 10.1. The summed E-state index contributed by atoms with van der Waals surface area (Å²) in [6, 6.07) is 7.15. The lowest BCUT2D eigenvalue weighted by molar-refractivity contribution is -0.427. The molecular formula is C10H5N3O2. The van der Waals surface area contributed by atoms with Crippen LogP contribution in [0.2, 0.25) is 0 Å². The molecule has 0 bridgehead atoms. The highest BCUT2D eigenvalue weighted by atomic mass is 16.5. The zero-order valence-electron chi connectivity index (χ0n) is 7.54. The lowest BCUT2D eigenvalue weighted by Crippen LogP contribution is -1.92. The minimum Gasteiger partial charge on any atom is -0.594 e. The van der Waals surface area contributed by atoms with Gasteiger partial charge >= 0.3 is 5.91 Å². The molecule has 3 rings (SSSR count). The third-order valence-electron chi connectivity index (χ3n) is 2.35. The summed E-state index contributed by atoms with van der Waals surface area (Å²) in [6.07, 6.45) is 1.39. The van der Waals surface area contributed by atoms with Gasteiger partial charge in [0.1, 0.15) is 5.56 Å². The van der Waals surface area contributed by atoms with Crippen LogP contribution in [0.1, 0.15) is 10.4 Å². The fraction of sp³-hybridized carbons (Fsp3) is 0. The van der Waals surface area contributed by atoms with Gasteiger partial charge < -0.3 is 5.21 Å². The number of carbonyl (C=O) groups excluding carboxylic acids is 1. The van der Waals surface area contributed by atoms with Crippen LogP contribution in [0, 0.1) is 5.21 Å². The van der Waals surface area contributed by atoms with E-state index < -0.39 is 5.91 Å². The van der Waals surface area contributed by atoms with Gasteiger partial charge in [-0.25, -0.2) is 0 Å². The molecule has 2 heterocycles. The van der Waals surface area contributed by atoms with Crippen molar-refractivity contribution >= 4 is 22.5 Å². The van der Waals surface area contributed by atoms with Crippen LogP contribution in [0.5, 0.6) is 0 Å². The van der Waals surface area contributed by atoms with Crippen molar-refractivity contribution in [2.75, 3.05) is 0 Å². The zero-order chi connectivity index (χ0) is 10.4. The number of aromatic nitrogens is 1. The van der Waals surface area contributed by atoms with Crippen molar-refractivity contribution in [3.8, 4) is 0 Å². The third kappa shape index (κ3) is 0.969. The summed E-state index contributed by atoms with van der Waals surface area (Å²) in [5.41, 5.74) is 1.25. The van der Waals surface area contributed by atoms with E-state index in [1.54, 1.807) is 18.2 Å². The predicted molar refractivity (Wildman–Crippen MR) is 51.8 cm³/mol. The van der Waals surface area contributed by atoms with Crippen LogP contribution in [0.25, 0.3) is 10.9 Å². The van der Waals surface area contributed by atoms with Gasteiger partial charge in [-0.1, -0.05) is 12.1 Å². The molecule has 1 aliphatic heterocycles. The summed E-state index contributed by atoms with van der Waals surface area (Å²) in [7, 11) is 0. The highest BCUT2D eigenvalue weighted by Gasteiger charge is 2.30. The average Bonchev–Trinajstić information content (AvgIpc) is 2.55. The molecule has 0 saturated carbocycles. The van der Waals surface area contributed by atoms with Crippen molar-refractivity contribution in [3.63, 3.8) is 0 Å². The molecule has 5 heteroatoms. The number of amides is 1. The zero-order valence-corrected chi connectivity index (χ0v) is 7.54. The van der Waals surface area contributed by atoms with E-state index in [0.29, 0.717) is 21.5 Å². The molecule has 5 nitrogen and oxygen atoms in total. The Kier molecular flexibility index (Phi) is 1.39. The molecule has 0 spiro atoms. The molecule has 0 atom stereocenters. The summed E-state index contributed by atoms with van der Waals surface area (Å²) < 4.78 is 0. The van der Waals surface area contributed by atoms with Gasteiger partial charge in [-0.2, -0.15) is 0 Å². The van der Waals surface area contributed by atoms with E-state index in [4.69, 9.17) is 0 Å². The molecule has 15 heavy (non-hydrogen) atoms. The predicted octanol–water partition coefficient (Wildman–Crippen LogP) is 1.98. The van der Waals surface area contributed by atoms with Crippen LogP contribution in [0.3, 0.4) is 0 Å². The lowest BCUT2D eigenvalue weighted by Gasteiger charge is -1.99. The minimum absolute atomic E-state index is 0.267. The van der Waals surface area contributed by atoms with Crippen LogP contribution in [0.15, 0.2) is 35.6 Å². The summed E-state index contributed by atoms with van der Waals surface area (Å²) in [5, 5.41) is 15.3. The van der Waals surface area contributed by atoms with Gasteiger partial charge in [0.25, 0.3) is 5.69 Å². The quantitative estimate of drug-likeness (QED) is 0.481. The van der Waals surface area contributed by atoms with E-state index in [-0.39, 0.29) is 5.56 Å². The molecule has 1 aromatic heterocycles. The number of nitrogens with zero attached hydrogens (tertiary/aromatic N) is 3. The molecule has 72 valence electrons. The molecule has 0 N–H and O–H groups in total. The third-order valence-corrected chi connectivity index (χ3v) is 2.35. The van der Waals surface area contributed by atoms with Crippen molar-refractivity contribution < 1.29 is 9.66 Å². The first-order chi connectivity index (χ1) is 7.27. The first kappa shape index (κ1) is 8.05. The van der Waals surface area contributed by atoms with Gasteiger partial charge in [-0.3, -0.25) is 9.78 Å². The Bertz CT molecular complexity index is 619. The van der Waals surface area contributed by atoms with Crippen molar-refractivity contribution in [3.05, 3.63) is 41.2 Å². The van der Waals surface area contributed by atoms with Gasteiger partial charge in [0, 0.05) is 6.20 Å². The molecule has 1 aliphatic rings. The van der Waals surface area contributed by atoms with Crippen molar-refractivity contribution in [1.82, 2.24) is 4.98 Å². The van der Waals surface area contributed by atoms with Crippen molar-refractivity contribution in [2.45, 2.75) is 0 Å². The van der Waals surface area contributed by atoms with E-state index in [9.17, 15) is 10.0 Å². The Morgan fingerprint density at radius 1 is 1.27 bits per heavy atom. The number of carbonyl (C=O) groups is 1. The van der Waals surface area contributed by atoms with Crippen molar-refractivity contribution in [1.29, 1.82) is 0 Å². The second-order valence-electron chi connectivity index (χ2n) is 3.22. The molecule has 2 aromatic rings. The first-order valence-electron chi connectivity index (χ1n) is 4.38. The second kappa shape index (κ2) is 2.60. The normalized spacial score (nSPS) is 14.1. The minimum atomic E-state index is -0.529. The van der Waals surface area contributed by atoms with Crippen LogP contribution in [0.4, 0.5) is 5.69 Å². The number of pyridine rings is 1. The van der Waals surface area contributed by atoms with Gasteiger partial charge in [-0.15, -0.1) is 0 Å². The summed E-state index contributed by atoms with van der Waals surface area (Å²) >= 11 is 0. The molecular weight excluding hydrogens is 194 g/mol. The highest BCUT2D eigenvalue weighted by Crippen LogP contribution is 2.32. The molecule has 1 amide bonds. The van der Waals surface area contributed by atoms with E-state index in [2.05, 4.69) is 10.1 Å². The molecule has 0 saturated heterocycles. The SMILES string of the molecule is O=C1N=[N+]([O-])c2c1cnc1ccccc21. The van der Waals surface area contributed by atoms with Gasteiger partial charge in [0.05, 0.1) is 16.0 Å². The monoisotopic (exact) mass is 199 g/mol. The maximum absolute atomic E-state index is 11.4. The topological polar surface area (TPSA) is 68.4 Å². The number of para-hydroxylation sites is 1. The number of azo groups is 1. The Labute approximate surface area is 84.3 Å². The van der Waals surface area contributed by atoms with Crippen LogP contribution >= 0.6 is 0 Å². The molecule has 0 radical (unpaired) electrons. The molecule has 1 aromatic carbocycles.